The van der Waals surface area contributed by atoms with Crippen LogP contribution in [0.2, 0.25) is 0 Å². The summed E-state index contributed by atoms with van der Waals surface area (Å²) in [6, 6.07) is 10.7. The van der Waals surface area contributed by atoms with E-state index in [0.717, 1.165) is 32.1 Å². The van der Waals surface area contributed by atoms with Crippen molar-refractivity contribution in [3.05, 3.63) is 35.9 Å². The van der Waals surface area contributed by atoms with Crippen LogP contribution in [0.3, 0.4) is 0 Å². The maximum absolute atomic E-state index is 6.13. The zero-order chi connectivity index (χ0) is 17.1. The quantitative estimate of drug-likeness (QED) is 0.409. The normalized spacial score (nSPS) is 27.7. The highest BCUT2D eigenvalue weighted by molar-refractivity contribution is 14.0. The van der Waals surface area contributed by atoms with Gasteiger partial charge in [-0.2, -0.15) is 0 Å². The molecule has 1 spiro atoms. The molecule has 4 rings (SSSR count). The van der Waals surface area contributed by atoms with Gasteiger partial charge >= 0.3 is 0 Å². The number of halogens is 1. The lowest BCUT2D eigenvalue weighted by atomic mass is 9.68. The molecule has 0 aromatic heterocycles. The molecule has 1 aromatic rings. The maximum Gasteiger partial charge on any atom is 0.193 e. The average Bonchev–Trinajstić information content (AvgIpc) is 3.09. The molecule has 1 aliphatic carbocycles. The lowest BCUT2D eigenvalue weighted by molar-refractivity contribution is -0.0266. The fourth-order valence-electron chi connectivity index (χ4n) is 4.82. The number of aliphatic imine (C=N–C) groups is 1. The number of benzene rings is 1. The Kier molecular flexibility index (Phi) is 6.83. The summed E-state index contributed by atoms with van der Waals surface area (Å²) in [6.45, 7) is 4.16. The van der Waals surface area contributed by atoms with Gasteiger partial charge in [0.05, 0.1) is 6.10 Å². The molecule has 2 unspecified atom stereocenters. The van der Waals surface area contributed by atoms with Gasteiger partial charge in [0.25, 0.3) is 0 Å². The van der Waals surface area contributed by atoms with Gasteiger partial charge in [-0.1, -0.05) is 36.8 Å². The van der Waals surface area contributed by atoms with Crippen molar-refractivity contribution in [1.82, 2.24) is 10.2 Å². The van der Waals surface area contributed by atoms with Crippen LogP contribution in [0, 0.1) is 11.3 Å². The van der Waals surface area contributed by atoms with Gasteiger partial charge in [0, 0.05) is 39.2 Å². The second-order valence-corrected chi connectivity index (χ2v) is 8.06. The van der Waals surface area contributed by atoms with Crippen LogP contribution in [0.5, 0.6) is 0 Å². The fourth-order valence-corrected chi connectivity index (χ4v) is 4.82. The van der Waals surface area contributed by atoms with Gasteiger partial charge < -0.3 is 15.0 Å². The van der Waals surface area contributed by atoms with Crippen LogP contribution >= 0.6 is 24.0 Å². The average molecular weight is 469 g/mol. The van der Waals surface area contributed by atoms with Gasteiger partial charge in [-0.15, -0.1) is 24.0 Å². The molecular weight excluding hydrogens is 437 g/mol. The van der Waals surface area contributed by atoms with Crippen LogP contribution in [-0.4, -0.2) is 44.1 Å². The molecular formula is C21H32IN3O. The molecule has 0 amide bonds. The van der Waals surface area contributed by atoms with E-state index in [1.807, 2.05) is 7.05 Å². The number of ether oxygens (including phenoxy) is 1. The Balaban J connectivity index is 0.00000196. The predicted molar refractivity (Wildman–Crippen MR) is 117 cm³/mol. The van der Waals surface area contributed by atoms with Crippen LogP contribution in [-0.2, 0) is 4.74 Å². The Labute approximate surface area is 174 Å². The number of hydrogen-bond donors (Lipinski definition) is 1. The summed E-state index contributed by atoms with van der Waals surface area (Å²) in [6.07, 6.45) is 8.15. The van der Waals surface area contributed by atoms with Gasteiger partial charge in [-0.3, -0.25) is 4.99 Å². The molecule has 0 bridgehead atoms. The number of guanidine groups is 1. The zero-order valence-electron chi connectivity index (χ0n) is 15.8. The van der Waals surface area contributed by atoms with E-state index in [2.05, 4.69) is 45.5 Å². The summed E-state index contributed by atoms with van der Waals surface area (Å²) in [5.41, 5.74) is 1.91. The molecule has 3 fully saturated rings. The minimum Gasteiger partial charge on any atom is -0.373 e. The van der Waals surface area contributed by atoms with E-state index >= 15 is 0 Å². The van der Waals surface area contributed by atoms with Crippen molar-refractivity contribution in [2.24, 2.45) is 16.3 Å². The number of likely N-dealkylation sites (tertiary alicyclic amines) is 1. The Morgan fingerprint density at radius 1 is 1.23 bits per heavy atom. The minimum absolute atomic E-state index is 0. The lowest BCUT2D eigenvalue weighted by Gasteiger charge is -2.38. The molecule has 3 aliphatic rings. The topological polar surface area (TPSA) is 36.9 Å². The van der Waals surface area contributed by atoms with Gasteiger partial charge in [-0.05, 0) is 43.1 Å². The largest absolute Gasteiger partial charge is 0.373 e. The van der Waals surface area contributed by atoms with Crippen LogP contribution < -0.4 is 5.32 Å². The van der Waals surface area contributed by atoms with E-state index < -0.39 is 0 Å². The van der Waals surface area contributed by atoms with Crippen molar-refractivity contribution in [2.75, 3.05) is 33.3 Å². The first kappa shape index (κ1) is 19.9. The molecule has 5 heteroatoms. The molecule has 1 aromatic carbocycles. The summed E-state index contributed by atoms with van der Waals surface area (Å²) in [4.78, 5) is 7.04. The van der Waals surface area contributed by atoms with Crippen molar-refractivity contribution in [1.29, 1.82) is 0 Å². The second-order valence-electron chi connectivity index (χ2n) is 8.06. The third kappa shape index (κ3) is 4.19. The molecule has 1 saturated carbocycles. The van der Waals surface area contributed by atoms with Crippen molar-refractivity contribution in [3.63, 3.8) is 0 Å². The molecule has 0 radical (unpaired) electrons. The van der Waals surface area contributed by atoms with Crippen molar-refractivity contribution in [3.8, 4) is 0 Å². The summed E-state index contributed by atoms with van der Waals surface area (Å²) in [5.74, 6) is 1.59. The second kappa shape index (κ2) is 8.91. The molecule has 26 heavy (non-hydrogen) atoms. The van der Waals surface area contributed by atoms with Gasteiger partial charge in [0.15, 0.2) is 5.96 Å². The molecule has 2 aliphatic heterocycles. The molecule has 144 valence electrons. The standard InChI is InChI=1S/C21H31N3O.HI/c1-22-20(24-13-12-21(16-24)10-6-11-21)23-15-18-9-5-14-25-19(18)17-7-3-2-4-8-17;/h2-4,7-8,18-19H,5-6,9-16H2,1H3,(H,22,23);1H. The molecule has 2 saturated heterocycles. The first-order valence-corrected chi connectivity index (χ1v) is 9.92. The molecule has 2 heterocycles. The smallest absolute Gasteiger partial charge is 0.193 e. The van der Waals surface area contributed by atoms with E-state index in [1.165, 1.54) is 44.2 Å². The van der Waals surface area contributed by atoms with Gasteiger partial charge in [0.1, 0.15) is 0 Å². The van der Waals surface area contributed by atoms with Crippen molar-refractivity contribution >= 4 is 29.9 Å². The minimum atomic E-state index is 0. The Morgan fingerprint density at radius 2 is 2.04 bits per heavy atom. The number of nitrogens with zero attached hydrogens (tertiary/aromatic N) is 2. The van der Waals surface area contributed by atoms with Gasteiger partial charge in [0.2, 0.25) is 0 Å². The monoisotopic (exact) mass is 469 g/mol. The molecule has 2 atom stereocenters. The summed E-state index contributed by atoms with van der Waals surface area (Å²) in [7, 11) is 1.92. The van der Waals surface area contributed by atoms with E-state index in [9.17, 15) is 0 Å². The summed E-state index contributed by atoms with van der Waals surface area (Å²) >= 11 is 0. The molecule has 1 N–H and O–H groups in total. The fraction of sp³-hybridized carbons (Fsp3) is 0.667. The Morgan fingerprint density at radius 3 is 2.69 bits per heavy atom. The van der Waals surface area contributed by atoms with Crippen LogP contribution in [0.4, 0.5) is 0 Å². The summed E-state index contributed by atoms with van der Waals surface area (Å²) < 4.78 is 6.13. The number of nitrogens with one attached hydrogen (secondary N) is 1. The van der Waals surface area contributed by atoms with E-state index in [4.69, 9.17) is 4.74 Å². The Hall–Kier alpha value is -0.820. The van der Waals surface area contributed by atoms with Crippen LogP contribution in [0.1, 0.15) is 50.2 Å². The number of hydrogen-bond acceptors (Lipinski definition) is 2. The van der Waals surface area contributed by atoms with Gasteiger partial charge in [-0.25, -0.2) is 0 Å². The maximum atomic E-state index is 6.13. The zero-order valence-corrected chi connectivity index (χ0v) is 18.2. The van der Waals surface area contributed by atoms with Crippen LogP contribution in [0.15, 0.2) is 35.3 Å². The third-order valence-electron chi connectivity index (χ3n) is 6.46. The highest BCUT2D eigenvalue weighted by Crippen LogP contribution is 2.47. The first-order chi connectivity index (χ1) is 12.3. The van der Waals surface area contributed by atoms with E-state index in [-0.39, 0.29) is 30.1 Å². The summed E-state index contributed by atoms with van der Waals surface area (Å²) in [5, 5.41) is 3.66. The highest BCUT2D eigenvalue weighted by Gasteiger charge is 2.43. The van der Waals surface area contributed by atoms with Crippen molar-refractivity contribution < 1.29 is 4.74 Å². The lowest BCUT2D eigenvalue weighted by Crippen LogP contribution is -2.45. The highest BCUT2D eigenvalue weighted by atomic mass is 127. The van der Waals surface area contributed by atoms with E-state index in [0.29, 0.717) is 11.3 Å². The third-order valence-corrected chi connectivity index (χ3v) is 6.46. The SMILES string of the molecule is CN=C(NCC1CCCOC1c1ccccc1)N1CCC2(CCC2)C1.I. The number of rotatable bonds is 3. The first-order valence-electron chi connectivity index (χ1n) is 9.92. The van der Waals surface area contributed by atoms with Crippen LogP contribution in [0.25, 0.3) is 0 Å². The molecule has 4 nitrogen and oxygen atoms in total. The van der Waals surface area contributed by atoms with E-state index in [1.54, 1.807) is 0 Å². The Bertz CT molecular complexity index is 603. The van der Waals surface area contributed by atoms with Crippen molar-refractivity contribution in [2.45, 2.75) is 44.6 Å². The predicted octanol–water partition coefficient (Wildman–Crippen LogP) is 4.22.